The molecule has 2 aromatic heterocycles. The number of ether oxygens (including phenoxy) is 1. The van der Waals surface area contributed by atoms with E-state index < -0.39 is 0 Å². The molecule has 0 amide bonds. The highest BCUT2D eigenvalue weighted by molar-refractivity contribution is 7.10. The molecule has 0 saturated carbocycles. The van der Waals surface area contributed by atoms with E-state index in [1.807, 2.05) is 24.3 Å². The molecule has 8 heteroatoms. The molecule has 3 rings (SSSR count). The predicted octanol–water partition coefficient (Wildman–Crippen LogP) is 2.82. The van der Waals surface area contributed by atoms with Crippen LogP contribution in [0.4, 0.5) is 0 Å². The van der Waals surface area contributed by atoms with Gasteiger partial charge in [0.2, 0.25) is 12.3 Å². The van der Waals surface area contributed by atoms with Gasteiger partial charge in [-0.3, -0.25) is 0 Å². The zero-order valence-electron chi connectivity index (χ0n) is 9.49. The highest BCUT2D eigenvalue weighted by Gasteiger charge is 2.07. The van der Waals surface area contributed by atoms with Crippen molar-refractivity contribution in [3.8, 4) is 17.2 Å². The van der Waals surface area contributed by atoms with E-state index in [0.717, 1.165) is 17.1 Å². The third-order valence-electron chi connectivity index (χ3n) is 2.35. The fourth-order valence-electron chi connectivity index (χ4n) is 1.43. The van der Waals surface area contributed by atoms with Gasteiger partial charge in [0, 0.05) is 17.1 Å². The van der Waals surface area contributed by atoms with Crippen LogP contribution in [0.5, 0.6) is 5.75 Å². The summed E-state index contributed by atoms with van der Waals surface area (Å²) in [4.78, 5) is 0. The number of halogens is 1. The molecule has 3 aromatic rings. The van der Waals surface area contributed by atoms with E-state index in [1.165, 1.54) is 6.39 Å². The SMILES string of the molecule is Clc1snnc1COc1ccc(-c2nnco2)cc1. The van der Waals surface area contributed by atoms with Crippen LogP contribution < -0.4 is 4.74 Å². The van der Waals surface area contributed by atoms with E-state index in [9.17, 15) is 0 Å². The summed E-state index contributed by atoms with van der Waals surface area (Å²) in [5.74, 6) is 1.17. The van der Waals surface area contributed by atoms with E-state index in [2.05, 4.69) is 19.8 Å². The van der Waals surface area contributed by atoms with Crippen molar-refractivity contribution in [2.75, 3.05) is 0 Å². The summed E-state index contributed by atoms with van der Waals surface area (Å²) in [6.07, 6.45) is 1.29. The molecule has 96 valence electrons. The fraction of sp³-hybridized carbons (Fsp3) is 0.0909. The topological polar surface area (TPSA) is 73.9 Å². The van der Waals surface area contributed by atoms with Gasteiger partial charge in [0.05, 0.1) is 0 Å². The van der Waals surface area contributed by atoms with E-state index in [1.54, 1.807) is 0 Å². The number of nitrogens with zero attached hydrogens (tertiary/aromatic N) is 4. The molecule has 0 saturated heterocycles. The van der Waals surface area contributed by atoms with Crippen LogP contribution in [0, 0.1) is 0 Å². The monoisotopic (exact) mass is 294 g/mol. The van der Waals surface area contributed by atoms with Gasteiger partial charge in [0.25, 0.3) is 0 Å². The first-order valence-electron chi connectivity index (χ1n) is 5.29. The Hall–Kier alpha value is -1.99. The first-order valence-corrected chi connectivity index (χ1v) is 6.44. The minimum Gasteiger partial charge on any atom is -0.487 e. The summed E-state index contributed by atoms with van der Waals surface area (Å²) in [5.41, 5.74) is 1.46. The third-order valence-corrected chi connectivity index (χ3v) is 3.33. The van der Waals surface area contributed by atoms with Crippen LogP contribution >= 0.6 is 23.1 Å². The van der Waals surface area contributed by atoms with Crippen LogP contribution in [0.15, 0.2) is 35.1 Å². The molecule has 2 heterocycles. The quantitative estimate of drug-likeness (QED) is 0.736. The molecular formula is C11H7ClN4O2S. The van der Waals surface area contributed by atoms with Crippen LogP contribution in [0.25, 0.3) is 11.5 Å². The number of aromatic nitrogens is 4. The average molecular weight is 295 g/mol. The van der Waals surface area contributed by atoms with Gasteiger partial charge in [0.1, 0.15) is 22.4 Å². The molecule has 0 aliphatic rings. The van der Waals surface area contributed by atoms with Crippen molar-refractivity contribution in [3.05, 3.63) is 40.7 Å². The number of hydrogen-bond donors (Lipinski definition) is 0. The van der Waals surface area contributed by atoms with Gasteiger partial charge in [-0.15, -0.1) is 15.3 Å². The summed E-state index contributed by atoms with van der Waals surface area (Å²) in [6.45, 7) is 0.287. The van der Waals surface area contributed by atoms with Crippen LogP contribution in [0.3, 0.4) is 0 Å². The Morgan fingerprint density at radius 1 is 1.21 bits per heavy atom. The maximum absolute atomic E-state index is 5.88. The molecule has 0 radical (unpaired) electrons. The van der Waals surface area contributed by atoms with Crippen molar-refractivity contribution >= 4 is 23.1 Å². The normalized spacial score (nSPS) is 10.6. The molecule has 19 heavy (non-hydrogen) atoms. The lowest BCUT2D eigenvalue weighted by Crippen LogP contribution is -1.96. The lowest BCUT2D eigenvalue weighted by Gasteiger charge is -2.04. The van der Waals surface area contributed by atoms with Gasteiger partial charge in [0.15, 0.2) is 0 Å². The van der Waals surface area contributed by atoms with Crippen molar-refractivity contribution in [1.29, 1.82) is 0 Å². The zero-order chi connectivity index (χ0) is 13.1. The average Bonchev–Trinajstić information content (AvgIpc) is 3.09. The Morgan fingerprint density at radius 3 is 2.68 bits per heavy atom. The molecule has 0 unspecified atom stereocenters. The maximum Gasteiger partial charge on any atom is 0.247 e. The summed E-state index contributed by atoms with van der Waals surface area (Å²) in [7, 11) is 0. The van der Waals surface area contributed by atoms with Crippen molar-refractivity contribution in [3.63, 3.8) is 0 Å². The molecule has 0 N–H and O–H groups in total. The Labute approximate surface area is 117 Å². The molecule has 0 atom stereocenters. The van der Waals surface area contributed by atoms with E-state index >= 15 is 0 Å². The predicted molar refractivity (Wildman–Crippen MR) is 69.0 cm³/mol. The molecule has 0 aliphatic heterocycles. The highest BCUT2D eigenvalue weighted by Crippen LogP contribution is 2.22. The fourth-order valence-corrected chi connectivity index (χ4v) is 2.03. The molecular weight excluding hydrogens is 288 g/mol. The van der Waals surface area contributed by atoms with E-state index in [-0.39, 0.29) is 6.61 Å². The van der Waals surface area contributed by atoms with Gasteiger partial charge in [-0.1, -0.05) is 16.1 Å². The van der Waals surface area contributed by atoms with E-state index in [4.69, 9.17) is 20.8 Å². The summed E-state index contributed by atoms with van der Waals surface area (Å²) < 4.78 is 14.9. The molecule has 1 aromatic carbocycles. The molecule has 0 aliphatic carbocycles. The van der Waals surface area contributed by atoms with Gasteiger partial charge >= 0.3 is 0 Å². The van der Waals surface area contributed by atoms with Crippen LogP contribution in [0.2, 0.25) is 4.34 Å². The number of benzene rings is 1. The first-order chi connectivity index (χ1) is 9.33. The Kier molecular flexibility index (Phi) is 3.39. The first kappa shape index (κ1) is 12.1. The Balaban J connectivity index is 1.68. The zero-order valence-corrected chi connectivity index (χ0v) is 11.1. The lowest BCUT2D eigenvalue weighted by molar-refractivity contribution is 0.301. The molecule has 0 spiro atoms. The van der Waals surface area contributed by atoms with Gasteiger partial charge in [-0.25, -0.2) is 0 Å². The Morgan fingerprint density at radius 2 is 2.05 bits per heavy atom. The van der Waals surface area contributed by atoms with Gasteiger partial charge < -0.3 is 9.15 Å². The standard InChI is InChI=1S/C11H7ClN4O2S/c12-10-9(14-16-19-10)5-17-8-3-1-7(2-4-8)11-15-13-6-18-11/h1-4,6H,5H2. The maximum atomic E-state index is 5.88. The number of rotatable bonds is 4. The minimum absolute atomic E-state index is 0.287. The lowest BCUT2D eigenvalue weighted by atomic mass is 10.2. The van der Waals surface area contributed by atoms with Gasteiger partial charge in [-0.2, -0.15) is 0 Å². The highest BCUT2D eigenvalue weighted by atomic mass is 35.5. The largest absolute Gasteiger partial charge is 0.487 e. The van der Waals surface area contributed by atoms with E-state index in [0.29, 0.717) is 21.7 Å². The van der Waals surface area contributed by atoms with Crippen molar-refractivity contribution in [1.82, 2.24) is 19.8 Å². The number of hydrogen-bond acceptors (Lipinski definition) is 7. The van der Waals surface area contributed by atoms with Crippen molar-refractivity contribution < 1.29 is 9.15 Å². The summed E-state index contributed by atoms with van der Waals surface area (Å²) in [5, 5.41) is 11.3. The molecule has 0 fully saturated rings. The minimum atomic E-state index is 0.287. The smallest absolute Gasteiger partial charge is 0.247 e. The van der Waals surface area contributed by atoms with Crippen LogP contribution in [0.1, 0.15) is 5.69 Å². The van der Waals surface area contributed by atoms with Crippen LogP contribution in [-0.2, 0) is 6.61 Å². The molecule has 6 nitrogen and oxygen atoms in total. The second kappa shape index (κ2) is 5.33. The van der Waals surface area contributed by atoms with Crippen molar-refractivity contribution in [2.45, 2.75) is 6.61 Å². The Bertz CT molecular complexity index is 654. The second-order valence-corrected chi connectivity index (χ2v) is 4.91. The van der Waals surface area contributed by atoms with Gasteiger partial charge in [-0.05, 0) is 24.3 Å². The molecule has 0 bridgehead atoms. The summed E-state index contributed by atoms with van der Waals surface area (Å²) >= 11 is 7.02. The second-order valence-electron chi connectivity index (χ2n) is 3.55. The summed E-state index contributed by atoms with van der Waals surface area (Å²) in [6, 6.07) is 7.30. The van der Waals surface area contributed by atoms with Crippen molar-refractivity contribution in [2.24, 2.45) is 0 Å². The third kappa shape index (κ3) is 2.72. The van der Waals surface area contributed by atoms with Crippen LogP contribution in [-0.4, -0.2) is 19.8 Å².